The van der Waals surface area contributed by atoms with Crippen LogP contribution in [0.5, 0.6) is 23.0 Å². The van der Waals surface area contributed by atoms with Gasteiger partial charge in [-0.1, -0.05) is 35.9 Å². The maximum absolute atomic E-state index is 6.37. The van der Waals surface area contributed by atoms with Crippen molar-refractivity contribution in [1.82, 2.24) is 4.90 Å². The van der Waals surface area contributed by atoms with Gasteiger partial charge in [-0.25, -0.2) is 0 Å². The van der Waals surface area contributed by atoms with Gasteiger partial charge in [0, 0.05) is 53.7 Å². The number of hydrogen-bond donors (Lipinski definition) is 0. The van der Waals surface area contributed by atoms with Crippen LogP contribution in [0, 0.1) is 0 Å². The highest BCUT2D eigenvalue weighted by molar-refractivity contribution is 6.30. The van der Waals surface area contributed by atoms with Gasteiger partial charge in [0.15, 0.2) is 0 Å². The standard InChI is InChI=1S/C25H24ClNO3/c1-28-18-9-7-16(25(12-18)29-2)13-27-14-21-19-5-3-4-6-23(19)30-24-10-8-17(26)11-20(24)22(21)15-27/h3-12,21-22H,13-15H2,1-2H3/t21-,22-/m1/s1. The molecule has 5 rings (SSSR count). The number of rotatable bonds is 4. The lowest BCUT2D eigenvalue weighted by Crippen LogP contribution is -2.21. The lowest BCUT2D eigenvalue weighted by atomic mass is 9.84. The normalized spacial score (nSPS) is 19.8. The second kappa shape index (κ2) is 7.86. The van der Waals surface area contributed by atoms with E-state index in [0.717, 1.165) is 53.2 Å². The molecule has 1 saturated heterocycles. The van der Waals surface area contributed by atoms with Crippen molar-refractivity contribution in [3.63, 3.8) is 0 Å². The van der Waals surface area contributed by atoms with Gasteiger partial charge >= 0.3 is 0 Å². The van der Waals surface area contributed by atoms with E-state index in [1.54, 1.807) is 14.2 Å². The van der Waals surface area contributed by atoms with Crippen molar-refractivity contribution in [2.24, 2.45) is 0 Å². The number of ether oxygens (including phenoxy) is 3. The molecule has 30 heavy (non-hydrogen) atoms. The zero-order chi connectivity index (χ0) is 20.7. The van der Waals surface area contributed by atoms with E-state index >= 15 is 0 Å². The largest absolute Gasteiger partial charge is 0.497 e. The van der Waals surface area contributed by atoms with Crippen molar-refractivity contribution in [3.05, 3.63) is 82.4 Å². The molecule has 0 aromatic heterocycles. The minimum atomic E-state index is 0.326. The summed E-state index contributed by atoms with van der Waals surface area (Å²) >= 11 is 6.37. The van der Waals surface area contributed by atoms with Crippen LogP contribution in [0.25, 0.3) is 0 Å². The number of halogens is 1. The molecule has 0 radical (unpaired) electrons. The van der Waals surface area contributed by atoms with Crippen molar-refractivity contribution in [1.29, 1.82) is 0 Å². The molecule has 2 aliphatic heterocycles. The molecule has 0 N–H and O–H groups in total. The highest BCUT2D eigenvalue weighted by Gasteiger charge is 2.40. The maximum Gasteiger partial charge on any atom is 0.131 e. The lowest BCUT2D eigenvalue weighted by Gasteiger charge is -2.19. The summed E-state index contributed by atoms with van der Waals surface area (Å²) in [7, 11) is 3.38. The molecule has 0 amide bonds. The van der Waals surface area contributed by atoms with Gasteiger partial charge in [-0.05, 0) is 35.9 Å². The van der Waals surface area contributed by atoms with Crippen LogP contribution >= 0.6 is 11.6 Å². The van der Waals surface area contributed by atoms with Crippen LogP contribution in [0.4, 0.5) is 0 Å². The summed E-state index contributed by atoms with van der Waals surface area (Å²) in [4.78, 5) is 2.49. The van der Waals surface area contributed by atoms with E-state index in [1.165, 1.54) is 11.1 Å². The van der Waals surface area contributed by atoms with E-state index in [0.29, 0.717) is 11.8 Å². The Morgan fingerprint density at radius 2 is 1.67 bits per heavy atom. The summed E-state index contributed by atoms with van der Waals surface area (Å²) in [6.07, 6.45) is 0. The van der Waals surface area contributed by atoms with Gasteiger partial charge in [0.25, 0.3) is 0 Å². The highest BCUT2D eigenvalue weighted by atomic mass is 35.5. The van der Waals surface area contributed by atoms with Crippen LogP contribution in [0.1, 0.15) is 28.5 Å². The molecule has 0 aliphatic carbocycles. The summed E-state index contributed by atoms with van der Waals surface area (Å²) in [5.41, 5.74) is 3.61. The van der Waals surface area contributed by atoms with Crippen molar-refractivity contribution in [3.8, 4) is 23.0 Å². The monoisotopic (exact) mass is 421 g/mol. The van der Waals surface area contributed by atoms with Gasteiger partial charge in [0.1, 0.15) is 23.0 Å². The Kier molecular flexibility index (Phi) is 5.05. The van der Waals surface area contributed by atoms with Gasteiger partial charge in [-0.2, -0.15) is 0 Å². The third kappa shape index (κ3) is 3.40. The maximum atomic E-state index is 6.37. The summed E-state index contributed by atoms with van der Waals surface area (Å²) in [6, 6.07) is 20.4. The fraction of sp³-hybridized carbons (Fsp3) is 0.280. The minimum absolute atomic E-state index is 0.326. The Labute approximate surface area is 181 Å². The topological polar surface area (TPSA) is 30.9 Å². The first kappa shape index (κ1) is 19.3. The summed E-state index contributed by atoms with van der Waals surface area (Å²) in [5, 5.41) is 0.748. The molecule has 0 bridgehead atoms. The molecule has 5 heteroatoms. The highest BCUT2D eigenvalue weighted by Crippen LogP contribution is 2.50. The van der Waals surface area contributed by atoms with Crippen LogP contribution in [-0.4, -0.2) is 32.2 Å². The number of methoxy groups -OCH3 is 2. The number of likely N-dealkylation sites (tertiary alicyclic amines) is 1. The number of nitrogens with zero attached hydrogens (tertiary/aromatic N) is 1. The van der Waals surface area contributed by atoms with Gasteiger partial charge < -0.3 is 14.2 Å². The minimum Gasteiger partial charge on any atom is -0.497 e. The average molecular weight is 422 g/mol. The summed E-state index contributed by atoms with van der Waals surface area (Å²) < 4.78 is 17.3. The zero-order valence-corrected chi connectivity index (χ0v) is 17.9. The van der Waals surface area contributed by atoms with Gasteiger partial charge in [-0.3, -0.25) is 4.90 Å². The molecule has 0 saturated carbocycles. The lowest BCUT2D eigenvalue weighted by molar-refractivity contribution is 0.311. The second-order valence-electron chi connectivity index (χ2n) is 7.91. The smallest absolute Gasteiger partial charge is 0.131 e. The SMILES string of the molecule is COc1ccc(CN2C[C@@H]3c4ccccc4Oc4ccc(Cl)cc4[C@H]3C2)c(OC)c1. The Morgan fingerprint density at radius 1 is 0.900 bits per heavy atom. The van der Waals surface area contributed by atoms with Crippen molar-refractivity contribution in [2.45, 2.75) is 18.4 Å². The van der Waals surface area contributed by atoms with Crippen molar-refractivity contribution in [2.75, 3.05) is 27.3 Å². The molecule has 4 nitrogen and oxygen atoms in total. The van der Waals surface area contributed by atoms with E-state index in [4.69, 9.17) is 25.8 Å². The van der Waals surface area contributed by atoms with E-state index in [-0.39, 0.29) is 0 Å². The summed E-state index contributed by atoms with van der Waals surface area (Å²) in [5.74, 6) is 4.18. The fourth-order valence-corrected chi connectivity index (χ4v) is 4.95. The van der Waals surface area contributed by atoms with Crippen LogP contribution in [0.2, 0.25) is 5.02 Å². The second-order valence-corrected chi connectivity index (χ2v) is 8.34. The molecule has 2 atom stereocenters. The molecule has 3 aromatic rings. The Morgan fingerprint density at radius 3 is 2.47 bits per heavy atom. The van der Waals surface area contributed by atoms with Crippen LogP contribution in [-0.2, 0) is 6.54 Å². The van der Waals surface area contributed by atoms with Crippen LogP contribution < -0.4 is 14.2 Å². The molecule has 2 heterocycles. The van der Waals surface area contributed by atoms with Crippen LogP contribution in [0.15, 0.2) is 60.7 Å². The van der Waals surface area contributed by atoms with Crippen molar-refractivity contribution < 1.29 is 14.2 Å². The summed E-state index contributed by atoms with van der Waals surface area (Å²) in [6.45, 7) is 2.70. The van der Waals surface area contributed by atoms with Gasteiger partial charge in [0.2, 0.25) is 0 Å². The molecule has 154 valence electrons. The third-order valence-corrected chi connectivity index (χ3v) is 6.43. The first-order valence-corrected chi connectivity index (χ1v) is 10.5. The molecule has 3 aromatic carbocycles. The molecule has 0 unspecified atom stereocenters. The number of benzene rings is 3. The van der Waals surface area contributed by atoms with Crippen molar-refractivity contribution >= 4 is 11.6 Å². The molecular formula is C25H24ClNO3. The van der Waals surface area contributed by atoms with E-state index < -0.39 is 0 Å². The Bertz CT molecular complexity index is 1080. The molecular weight excluding hydrogens is 398 g/mol. The Hall–Kier alpha value is -2.69. The number of hydrogen-bond acceptors (Lipinski definition) is 4. The first-order valence-electron chi connectivity index (χ1n) is 10.2. The fourth-order valence-electron chi connectivity index (χ4n) is 4.77. The quantitative estimate of drug-likeness (QED) is 0.529. The average Bonchev–Trinajstić information content (AvgIpc) is 3.14. The molecule has 1 fully saturated rings. The van der Waals surface area contributed by atoms with Gasteiger partial charge in [-0.15, -0.1) is 0 Å². The predicted molar refractivity (Wildman–Crippen MR) is 118 cm³/mol. The van der Waals surface area contributed by atoms with E-state index in [2.05, 4.69) is 35.2 Å². The zero-order valence-electron chi connectivity index (χ0n) is 17.1. The third-order valence-electron chi connectivity index (χ3n) is 6.19. The Balaban J connectivity index is 1.50. The van der Waals surface area contributed by atoms with E-state index in [9.17, 15) is 0 Å². The molecule has 0 spiro atoms. The van der Waals surface area contributed by atoms with Gasteiger partial charge in [0.05, 0.1) is 14.2 Å². The molecule has 2 aliphatic rings. The predicted octanol–water partition coefficient (Wildman–Crippen LogP) is 5.85. The van der Waals surface area contributed by atoms with E-state index in [1.807, 2.05) is 30.3 Å². The first-order chi connectivity index (χ1) is 14.7. The van der Waals surface area contributed by atoms with Crippen LogP contribution in [0.3, 0.4) is 0 Å². The number of para-hydroxylation sites is 1. The number of fused-ring (bicyclic) bond motifs is 5.